The van der Waals surface area contributed by atoms with Crippen LogP contribution in [-0.2, 0) is 4.74 Å². The Labute approximate surface area is 132 Å². The van der Waals surface area contributed by atoms with Crippen LogP contribution < -0.4 is 5.32 Å². The third-order valence-corrected chi connectivity index (χ3v) is 4.93. The molecule has 1 N–H and O–H groups in total. The number of ether oxygens (including phenoxy) is 1. The van der Waals surface area contributed by atoms with Crippen LogP contribution in [-0.4, -0.2) is 18.8 Å². The first-order valence-corrected chi connectivity index (χ1v) is 7.93. The van der Waals surface area contributed by atoms with Gasteiger partial charge in [-0.05, 0) is 25.5 Å². The van der Waals surface area contributed by atoms with Crippen molar-refractivity contribution < 1.29 is 4.74 Å². The minimum absolute atomic E-state index is 0.0791. The topological polar surface area (TPSA) is 21.3 Å². The van der Waals surface area contributed by atoms with Gasteiger partial charge in [0.15, 0.2) is 0 Å². The highest BCUT2D eigenvalue weighted by atomic mass is 79.9. The molecule has 0 saturated heterocycles. The van der Waals surface area contributed by atoms with Crippen LogP contribution in [0.15, 0.2) is 16.6 Å². The number of anilines is 1. The van der Waals surface area contributed by atoms with Gasteiger partial charge in [-0.3, -0.25) is 0 Å². The fourth-order valence-electron chi connectivity index (χ4n) is 2.47. The highest BCUT2D eigenvalue weighted by molar-refractivity contribution is 9.10. The molecule has 1 aromatic rings. The highest BCUT2D eigenvalue weighted by Gasteiger charge is 2.49. The molecule has 2 nitrogen and oxygen atoms in total. The van der Waals surface area contributed by atoms with Crippen molar-refractivity contribution in [3.8, 4) is 0 Å². The van der Waals surface area contributed by atoms with E-state index in [4.69, 9.17) is 27.9 Å². The summed E-state index contributed by atoms with van der Waals surface area (Å²) in [5.41, 5.74) is 0.884. The molecule has 106 valence electrons. The molecule has 1 aromatic carbocycles. The van der Waals surface area contributed by atoms with Gasteiger partial charge in [0.25, 0.3) is 0 Å². The number of halogens is 3. The number of rotatable bonds is 4. The lowest BCUT2D eigenvalue weighted by Crippen LogP contribution is -2.58. The molecule has 1 aliphatic carbocycles. The summed E-state index contributed by atoms with van der Waals surface area (Å²) >= 11 is 15.9. The molecule has 1 aliphatic rings. The summed E-state index contributed by atoms with van der Waals surface area (Å²) in [4.78, 5) is 0. The SMILES string of the molecule is CCOC1CC(Nc2c(Cl)cc(Br)cc2Cl)C1(C)C. The zero-order chi connectivity index (χ0) is 14.2. The zero-order valence-corrected chi connectivity index (χ0v) is 14.4. The summed E-state index contributed by atoms with van der Waals surface area (Å²) in [5.74, 6) is 0. The molecular weight excluding hydrogens is 349 g/mol. The molecule has 0 amide bonds. The fourth-order valence-corrected chi connectivity index (χ4v) is 3.79. The quantitative estimate of drug-likeness (QED) is 0.773. The number of nitrogens with one attached hydrogen (secondary N) is 1. The van der Waals surface area contributed by atoms with Gasteiger partial charge in [-0.25, -0.2) is 0 Å². The molecule has 0 spiro atoms. The molecule has 0 aliphatic heterocycles. The van der Waals surface area contributed by atoms with Gasteiger partial charge in [0.1, 0.15) is 0 Å². The lowest BCUT2D eigenvalue weighted by Gasteiger charge is -2.52. The molecule has 2 rings (SSSR count). The minimum Gasteiger partial charge on any atom is -0.379 e. The zero-order valence-electron chi connectivity index (χ0n) is 11.3. The van der Waals surface area contributed by atoms with E-state index in [1.165, 1.54) is 0 Å². The second kappa shape index (κ2) is 5.80. The molecule has 0 aromatic heterocycles. The first-order valence-electron chi connectivity index (χ1n) is 6.39. The third-order valence-electron chi connectivity index (χ3n) is 3.87. The van der Waals surface area contributed by atoms with Crippen LogP contribution in [0.25, 0.3) is 0 Å². The van der Waals surface area contributed by atoms with Crippen molar-refractivity contribution >= 4 is 44.8 Å². The Morgan fingerprint density at radius 2 is 1.95 bits per heavy atom. The molecule has 5 heteroatoms. The Morgan fingerprint density at radius 1 is 1.37 bits per heavy atom. The monoisotopic (exact) mass is 365 g/mol. The van der Waals surface area contributed by atoms with Crippen LogP contribution in [0.2, 0.25) is 10.0 Å². The van der Waals surface area contributed by atoms with Gasteiger partial charge >= 0.3 is 0 Å². The van der Waals surface area contributed by atoms with Crippen LogP contribution in [0.3, 0.4) is 0 Å². The van der Waals surface area contributed by atoms with E-state index in [-0.39, 0.29) is 5.41 Å². The summed E-state index contributed by atoms with van der Waals surface area (Å²) in [7, 11) is 0. The first kappa shape index (κ1) is 15.4. The van der Waals surface area contributed by atoms with Gasteiger partial charge in [-0.2, -0.15) is 0 Å². The minimum atomic E-state index is 0.0791. The van der Waals surface area contributed by atoms with Gasteiger partial charge < -0.3 is 10.1 Å². The summed E-state index contributed by atoms with van der Waals surface area (Å²) < 4.78 is 6.61. The Balaban J connectivity index is 2.12. The van der Waals surface area contributed by atoms with Crippen LogP contribution in [0, 0.1) is 5.41 Å². The van der Waals surface area contributed by atoms with E-state index in [1.54, 1.807) is 0 Å². The van der Waals surface area contributed by atoms with E-state index in [2.05, 4.69) is 35.1 Å². The second-order valence-corrected chi connectivity index (χ2v) is 7.17. The standard InChI is InChI=1S/C14H18BrCl2NO/c1-4-19-12-7-11(14(12,2)3)18-13-9(16)5-8(15)6-10(13)17/h5-6,11-12,18H,4,7H2,1-3H3. The van der Waals surface area contributed by atoms with E-state index < -0.39 is 0 Å². The Hall–Kier alpha value is 0.0400. The van der Waals surface area contributed by atoms with Gasteiger partial charge in [-0.1, -0.05) is 53.0 Å². The highest BCUT2D eigenvalue weighted by Crippen LogP contribution is 2.46. The van der Waals surface area contributed by atoms with E-state index in [0.29, 0.717) is 22.2 Å². The maximum atomic E-state index is 6.24. The van der Waals surface area contributed by atoms with Crippen molar-refractivity contribution in [3.05, 3.63) is 26.7 Å². The first-order chi connectivity index (χ1) is 8.86. The van der Waals surface area contributed by atoms with E-state index in [9.17, 15) is 0 Å². The second-order valence-electron chi connectivity index (χ2n) is 5.44. The van der Waals surface area contributed by atoms with Crippen molar-refractivity contribution in [3.63, 3.8) is 0 Å². The average Bonchev–Trinajstić information content (AvgIpc) is 2.30. The third kappa shape index (κ3) is 3.05. The van der Waals surface area contributed by atoms with Gasteiger partial charge in [0, 0.05) is 22.5 Å². The molecule has 19 heavy (non-hydrogen) atoms. The lowest BCUT2D eigenvalue weighted by atomic mass is 9.64. The van der Waals surface area contributed by atoms with Crippen molar-refractivity contribution in [2.75, 3.05) is 11.9 Å². The van der Waals surface area contributed by atoms with E-state index >= 15 is 0 Å². The predicted molar refractivity (Wildman–Crippen MR) is 85.4 cm³/mol. The van der Waals surface area contributed by atoms with Crippen molar-refractivity contribution in [1.29, 1.82) is 0 Å². The molecule has 0 bridgehead atoms. The van der Waals surface area contributed by atoms with Crippen LogP contribution >= 0.6 is 39.1 Å². The molecule has 2 unspecified atom stereocenters. The number of benzene rings is 1. The van der Waals surface area contributed by atoms with Crippen LogP contribution in [0.1, 0.15) is 27.2 Å². The Morgan fingerprint density at radius 3 is 2.42 bits per heavy atom. The molecule has 0 radical (unpaired) electrons. The summed E-state index contributed by atoms with van der Waals surface area (Å²) in [6, 6.07) is 4.02. The Kier molecular flexibility index (Phi) is 4.71. The lowest BCUT2D eigenvalue weighted by molar-refractivity contribution is -0.0975. The van der Waals surface area contributed by atoms with Crippen molar-refractivity contribution in [2.24, 2.45) is 5.41 Å². The van der Waals surface area contributed by atoms with E-state index in [1.807, 2.05) is 19.1 Å². The summed E-state index contributed by atoms with van der Waals surface area (Å²) in [6.45, 7) is 7.18. The fraction of sp³-hybridized carbons (Fsp3) is 0.571. The molecule has 1 saturated carbocycles. The molecule has 0 heterocycles. The maximum Gasteiger partial charge on any atom is 0.0722 e. The molecule has 2 atom stereocenters. The smallest absolute Gasteiger partial charge is 0.0722 e. The van der Waals surface area contributed by atoms with Gasteiger partial charge in [-0.15, -0.1) is 0 Å². The van der Waals surface area contributed by atoms with Crippen molar-refractivity contribution in [1.82, 2.24) is 0 Å². The van der Waals surface area contributed by atoms with Crippen molar-refractivity contribution in [2.45, 2.75) is 39.3 Å². The van der Waals surface area contributed by atoms with Gasteiger partial charge in [0.05, 0.1) is 21.8 Å². The largest absolute Gasteiger partial charge is 0.379 e. The summed E-state index contributed by atoms with van der Waals surface area (Å²) in [6.07, 6.45) is 1.27. The van der Waals surface area contributed by atoms with E-state index in [0.717, 1.165) is 23.2 Å². The number of hydrogen-bond donors (Lipinski definition) is 1. The Bertz CT molecular complexity index is 456. The molecule has 1 fully saturated rings. The predicted octanol–water partition coefficient (Wildman–Crippen LogP) is 5.37. The van der Waals surface area contributed by atoms with Crippen LogP contribution in [0.4, 0.5) is 5.69 Å². The molecular formula is C14H18BrCl2NO. The normalized spacial score (nSPS) is 24.9. The maximum absolute atomic E-state index is 6.24. The summed E-state index contributed by atoms with van der Waals surface area (Å²) in [5, 5.41) is 4.72. The van der Waals surface area contributed by atoms with Crippen LogP contribution in [0.5, 0.6) is 0 Å². The van der Waals surface area contributed by atoms with Gasteiger partial charge in [0.2, 0.25) is 0 Å². The average molecular weight is 367 g/mol. The number of hydrogen-bond acceptors (Lipinski definition) is 2.